The van der Waals surface area contributed by atoms with E-state index in [0.717, 1.165) is 0 Å². The average Bonchev–Trinajstić information content (AvgIpc) is 2.68. The Kier molecular flexibility index (Phi) is 7.12. The van der Waals surface area contributed by atoms with Gasteiger partial charge in [0.15, 0.2) is 17.3 Å². The summed E-state index contributed by atoms with van der Waals surface area (Å²) in [5, 5.41) is 0. The van der Waals surface area contributed by atoms with E-state index in [1.807, 2.05) is 6.92 Å². The van der Waals surface area contributed by atoms with Gasteiger partial charge in [-0.15, -0.1) is 0 Å². The second-order valence-electron chi connectivity index (χ2n) is 5.43. The largest absolute Gasteiger partial charge is 0.493 e. The van der Waals surface area contributed by atoms with E-state index in [-0.39, 0.29) is 5.78 Å². The number of Topliss-reactive ketones (excluding diaryl/α,β-unsaturated/α-hetero) is 1. The van der Waals surface area contributed by atoms with Gasteiger partial charge in [-0.3, -0.25) is 4.79 Å². The number of hydrogen-bond acceptors (Lipinski definition) is 6. The Labute approximate surface area is 167 Å². The highest BCUT2D eigenvalue weighted by Gasteiger charge is 2.17. The van der Waals surface area contributed by atoms with E-state index < -0.39 is 0 Å². The fourth-order valence-corrected chi connectivity index (χ4v) is 3.01. The predicted octanol–water partition coefficient (Wildman–Crippen LogP) is 4.31. The minimum atomic E-state index is -0.215. The molecule has 0 spiro atoms. The van der Waals surface area contributed by atoms with Crippen molar-refractivity contribution in [2.24, 2.45) is 0 Å². The summed E-state index contributed by atoms with van der Waals surface area (Å²) in [5.74, 6) is 1.72. The predicted molar refractivity (Wildman–Crippen MR) is 109 cm³/mol. The summed E-state index contributed by atoms with van der Waals surface area (Å²) in [6.07, 6.45) is 1.67. The van der Waals surface area contributed by atoms with Crippen LogP contribution >= 0.6 is 15.9 Å². The molecule has 0 aliphatic carbocycles. The van der Waals surface area contributed by atoms with E-state index >= 15 is 0 Å². The summed E-state index contributed by atoms with van der Waals surface area (Å²) in [7, 11) is 4.60. The van der Waals surface area contributed by atoms with Gasteiger partial charge in [-0.05, 0) is 59.3 Å². The molecule has 0 saturated heterocycles. The third kappa shape index (κ3) is 4.54. The topological polar surface area (TPSA) is 80.0 Å². The van der Waals surface area contributed by atoms with Crippen LogP contribution in [0.3, 0.4) is 0 Å². The van der Waals surface area contributed by atoms with Gasteiger partial charge in [0, 0.05) is 11.1 Å². The second kappa shape index (κ2) is 9.32. The number of allylic oxidation sites excluding steroid dienone is 1. The standard InChI is InChI=1S/C20H22BrNO5/c1-5-27-17-11-12(6-8-15(17)22)18(23)14(21)10-13-7-9-16(24-2)20(26-4)19(13)25-3/h6-11H,5,22H2,1-4H3/b14-10+. The molecule has 27 heavy (non-hydrogen) atoms. The van der Waals surface area contributed by atoms with Crippen LogP contribution in [0.4, 0.5) is 5.69 Å². The van der Waals surface area contributed by atoms with Gasteiger partial charge in [-0.1, -0.05) is 0 Å². The zero-order valence-corrected chi connectivity index (χ0v) is 17.3. The van der Waals surface area contributed by atoms with Crippen LogP contribution in [0.15, 0.2) is 34.8 Å². The molecule has 2 aromatic carbocycles. The number of halogens is 1. The first-order valence-corrected chi connectivity index (χ1v) is 8.99. The normalized spacial score (nSPS) is 11.1. The molecular weight excluding hydrogens is 414 g/mol. The maximum Gasteiger partial charge on any atom is 0.203 e. The first-order valence-electron chi connectivity index (χ1n) is 8.19. The second-order valence-corrected chi connectivity index (χ2v) is 6.28. The van der Waals surface area contributed by atoms with E-state index in [9.17, 15) is 4.79 Å². The Morgan fingerprint density at radius 1 is 1.04 bits per heavy atom. The molecular formula is C20H22BrNO5. The zero-order valence-electron chi connectivity index (χ0n) is 15.7. The monoisotopic (exact) mass is 435 g/mol. The smallest absolute Gasteiger partial charge is 0.203 e. The fraction of sp³-hybridized carbons (Fsp3) is 0.250. The molecule has 6 nitrogen and oxygen atoms in total. The van der Waals surface area contributed by atoms with Crippen LogP contribution in [0.2, 0.25) is 0 Å². The lowest BCUT2D eigenvalue weighted by Gasteiger charge is -2.14. The molecule has 0 saturated carbocycles. The van der Waals surface area contributed by atoms with Crippen molar-refractivity contribution in [3.63, 3.8) is 0 Å². The number of methoxy groups -OCH3 is 3. The Balaban J connectivity index is 2.42. The number of hydrogen-bond donors (Lipinski definition) is 1. The lowest BCUT2D eigenvalue weighted by Crippen LogP contribution is -2.03. The molecule has 0 heterocycles. The molecule has 2 aromatic rings. The van der Waals surface area contributed by atoms with Crippen LogP contribution in [-0.4, -0.2) is 33.7 Å². The molecule has 0 bridgehead atoms. The summed E-state index contributed by atoms with van der Waals surface area (Å²) in [6, 6.07) is 8.45. The molecule has 0 aliphatic heterocycles. The number of ketones is 1. The summed E-state index contributed by atoms with van der Waals surface area (Å²) >= 11 is 3.36. The van der Waals surface area contributed by atoms with Gasteiger partial charge >= 0.3 is 0 Å². The first-order chi connectivity index (χ1) is 13.0. The lowest BCUT2D eigenvalue weighted by molar-refractivity contribution is 0.104. The number of carbonyl (C=O) groups is 1. The summed E-state index contributed by atoms with van der Waals surface area (Å²) in [6.45, 7) is 2.31. The van der Waals surface area contributed by atoms with Gasteiger partial charge in [-0.25, -0.2) is 0 Å². The van der Waals surface area contributed by atoms with Crippen LogP contribution in [0, 0.1) is 0 Å². The number of rotatable bonds is 8. The first kappa shape index (κ1) is 20.6. The molecule has 7 heteroatoms. The minimum Gasteiger partial charge on any atom is -0.493 e. The number of carbonyl (C=O) groups excluding carboxylic acids is 1. The Bertz CT molecular complexity index is 864. The number of anilines is 1. The summed E-state index contributed by atoms with van der Waals surface area (Å²) < 4.78 is 21.9. The Morgan fingerprint density at radius 2 is 1.74 bits per heavy atom. The van der Waals surface area contributed by atoms with Crippen molar-refractivity contribution in [1.82, 2.24) is 0 Å². The molecule has 144 valence electrons. The van der Waals surface area contributed by atoms with Crippen LogP contribution in [0.25, 0.3) is 6.08 Å². The highest BCUT2D eigenvalue weighted by atomic mass is 79.9. The number of ether oxygens (including phenoxy) is 4. The fourth-order valence-electron chi connectivity index (χ4n) is 2.53. The van der Waals surface area contributed by atoms with Gasteiger partial charge in [0.2, 0.25) is 5.75 Å². The van der Waals surface area contributed by atoms with Crippen molar-refractivity contribution in [2.75, 3.05) is 33.7 Å². The summed E-state index contributed by atoms with van der Waals surface area (Å²) in [5.41, 5.74) is 7.47. The average molecular weight is 436 g/mol. The molecule has 0 unspecified atom stereocenters. The molecule has 2 N–H and O–H groups in total. The van der Waals surface area contributed by atoms with Crippen molar-refractivity contribution < 1.29 is 23.7 Å². The van der Waals surface area contributed by atoms with E-state index in [1.165, 1.54) is 14.2 Å². The van der Waals surface area contributed by atoms with Gasteiger partial charge < -0.3 is 24.7 Å². The van der Waals surface area contributed by atoms with E-state index in [0.29, 0.717) is 50.9 Å². The van der Waals surface area contributed by atoms with Gasteiger partial charge in [0.05, 0.1) is 38.1 Å². The van der Waals surface area contributed by atoms with E-state index in [1.54, 1.807) is 43.5 Å². The maximum atomic E-state index is 12.8. The number of nitrogen functional groups attached to an aromatic ring is 1. The van der Waals surface area contributed by atoms with Crippen molar-refractivity contribution in [2.45, 2.75) is 6.92 Å². The summed E-state index contributed by atoms with van der Waals surface area (Å²) in [4.78, 5) is 12.8. The van der Waals surface area contributed by atoms with Crippen molar-refractivity contribution in [3.8, 4) is 23.0 Å². The SMILES string of the molecule is CCOc1cc(C(=O)/C(Br)=C\c2ccc(OC)c(OC)c2OC)ccc1N. The van der Waals surface area contributed by atoms with Crippen LogP contribution < -0.4 is 24.7 Å². The maximum absolute atomic E-state index is 12.8. The lowest BCUT2D eigenvalue weighted by atomic mass is 10.1. The van der Waals surface area contributed by atoms with E-state index in [4.69, 9.17) is 24.7 Å². The minimum absolute atomic E-state index is 0.215. The molecule has 0 atom stereocenters. The molecule has 0 fully saturated rings. The van der Waals surface area contributed by atoms with Crippen LogP contribution in [-0.2, 0) is 0 Å². The Hall–Kier alpha value is -2.67. The molecule has 0 amide bonds. The zero-order chi connectivity index (χ0) is 20.0. The third-order valence-corrected chi connectivity index (χ3v) is 4.40. The molecule has 2 rings (SSSR count). The van der Waals surface area contributed by atoms with Gasteiger partial charge in [0.1, 0.15) is 5.75 Å². The highest BCUT2D eigenvalue weighted by Crippen LogP contribution is 2.41. The third-order valence-electron chi connectivity index (χ3n) is 3.81. The Morgan fingerprint density at radius 3 is 2.33 bits per heavy atom. The molecule has 0 aromatic heterocycles. The van der Waals surface area contributed by atoms with Crippen molar-refractivity contribution in [3.05, 3.63) is 45.9 Å². The van der Waals surface area contributed by atoms with Crippen LogP contribution in [0.1, 0.15) is 22.8 Å². The van der Waals surface area contributed by atoms with E-state index in [2.05, 4.69) is 15.9 Å². The van der Waals surface area contributed by atoms with Gasteiger partial charge in [-0.2, -0.15) is 0 Å². The number of nitrogens with two attached hydrogens (primary N) is 1. The quantitative estimate of drug-likeness (QED) is 0.377. The number of benzene rings is 2. The van der Waals surface area contributed by atoms with Crippen LogP contribution in [0.5, 0.6) is 23.0 Å². The highest BCUT2D eigenvalue weighted by molar-refractivity contribution is 9.12. The van der Waals surface area contributed by atoms with Crippen molar-refractivity contribution in [1.29, 1.82) is 0 Å². The van der Waals surface area contributed by atoms with Crippen molar-refractivity contribution >= 4 is 33.5 Å². The van der Waals surface area contributed by atoms with Gasteiger partial charge in [0.25, 0.3) is 0 Å². The molecule has 0 aliphatic rings. The molecule has 0 radical (unpaired) electrons.